The fraction of sp³-hybridized carbons (Fsp3) is 1.00. The molecule has 1 aliphatic rings. The van der Waals surface area contributed by atoms with Crippen molar-refractivity contribution in [2.75, 3.05) is 0 Å². The van der Waals surface area contributed by atoms with Crippen molar-refractivity contribution >= 4 is 11.6 Å². The van der Waals surface area contributed by atoms with Crippen molar-refractivity contribution in [3.05, 3.63) is 0 Å². The summed E-state index contributed by atoms with van der Waals surface area (Å²) in [6, 6.07) is 0. The molecule has 0 amide bonds. The van der Waals surface area contributed by atoms with E-state index in [1.165, 1.54) is 19.3 Å². The highest BCUT2D eigenvalue weighted by Gasteiger charge is 2.28. The molecule has 0 aromatic carbocycles. The van der Waals surface area contributed by atoms with Gasteiger partial charge in [0, 0.05) is 5.38 Å². The largest absolute Gasteiger partial charge is 0.123 e. The summed E-state index contributed by atoms with van der Waals surface area (Å²) in [4.78, 5) is 0. The monoisotopic (exact) mass is 174 g/mol. The zero-order valence-corrected chi connectivity index (χ0v) is 8.56. The Morgan fingerprint density at radius 3 is 2.36 bits per heavy atom. The maximum Gasteiger partial charge on any atom is 0.0369 e. The van der Waals surface area contributed by atoms with Crippen LogP contribution in [-0.2, 0) is 0 Å². The van der Waals surface area contributed by atoms with Crippen LogP contribution in [0.3, 0.4) is 0 Å². The Bertz CT molecular complexity index is 120. The Kier molecular flexibility index (Phi) is 3.24. The molecule has 1 fully saturated rings. The lowest BCUT2D eigenvalue weighted by molar-refractivity contribution is 0.240. The average molecular weight is 175 g/mol. The molecule has 0 aromatic rings. The molecule has 0 saturated heterocycles. The van der Waals surface area contributed by atoms with E-state index in [1.807, 2.05) is 0 Å². The molecule has 0 spiro atoms. The van der Waals surface area contributed by atoms with Gasteiger partial charge in [0.05, 0.1) is 0 Å². The van der Waals surface area contributed by atoms with Crippen molar-refractivity contribution in [2.45, 2.75) is 45.4 Å². The first-order valence-electron chi connectivity index (χ1n) is 4.75. The fourth-order valence-electron chi connectivity index (χ4n) is 2.09. The third-order valence-corrected chi connectivity index (χ3v) is 3.44. The summed E-state index contributed by atoms with van der Waals surface area (Å²) in [7, 11) is 0. The van der Waals surface area contributed by atoms with Gasteiger partial charge in [0.2, 0.25) is 0 Å². The van der Waals surface area contributed by atoms with Gasteiger partial charge in [-0.05, 0) is 30.6 Å². The first-order valence-corrected chi connectivity index (χ1v) is 5.19. The van der Waals surface area contributed by atoms with Crippen LogP contribution >= 0.6 is 11.6 Å². The van der Waals surface area contributed by atoms with Crippen molar-refractivity contribution in [3.8, 4) is 0 Å². The molecule has 1 saturated carbocycles. The number of hydrogen-bond donors (Lipinski definition) is 0. The summed E-state index contributed by atoms with van der Waals surface area (Å²) in [6.45, 7) is 6.89. The lowest BCUT2D eigenvalue weighted by atomic mass is 9.77. The minimum Gasteiger partial charge on any atom is -0.123 e. The van der Waals surface area contributed by atoms with Gasteiger partial charge in [0.1, 0.15) is 0 Å². The van der Waals surface area contributed by atoms with Crippen molar-refractivity contribution in [1.29, 1.82) is 0 Å². The van der Waals surface area contributed by atoms with Gasteiger partial charge in [-0.2, -0.15) is 0 Å². The van der Waals surface area contributed by atoms with Crippen LogP contribution in [0, 0.1) is 17.8 Å². The van der Waals surface area contributed by atoms with Gasteiger partial charge in [0.15, 0.2) is 0 Å². The summed E-state index contributed by atoms with van der Waals surface area (Å²) in [5, 5.41) is 0.443. The van der Waals surface area contributed by atoms with Crippen LogP contribution in [-0.4, -0.2) is 5.38 Å². The molecule has 1 aliphatic carbocycles. The van der Waals surface area contributed by atoms with Crippen molar-refractivity contribution < 1.29 is 0 Å². The van der Waals surface area contributed by atoms with E-state index in [0.717, 1.165) is 17.8 Å². The minimum atomic E-state index is 0.443. The van der Waals surface area contributed by atoms with Gasteiger partial charge in [-0.3, -0.25) is 0 Å². The Labute approximate surface area is 75.3 Å². The molecular formula is C10H19Cl. The van der Waals surface area contributed by atoms with E-state index in [-0.39, 0.29) is 0 Å². The summed E-state index contributed by atoms with van der Waals surface area (Å²) >= 11 is 6.27. The van der Waals surface area contributed by atoms with Gasteiger partial charge in [-0.25, -0.2) is 0 Å². The Balaban J connectivity index is 2.44. The van der Waals surface area contributed by atoms with E-state index in [0.29, 0.717) is 5.38 Å². The summed E-state index contributed by atoms with van der Waals surface area (Å²) in [6.07, 6.45) is 3.95. The quantitative estimate of drug-likeness (QED) is 0.532. The van der Waals surface area contributed by atoms with Crippen LogP contribution in [0.1, 0.15) is 40.0 Å². The van der Waals surface area contributed by atoms with Crippen LogP contribution in [0.25, 0.3) is 0 Å². The molecule has 1 heteroatoms. The van der Waals surface area contributed by atoms with Gasteiger partial charge in [-0.1, -0.05) is 27.2 Å². The van der Waals surface area contributed by atoms with E-state index in [4.69, 9.17) is 11.6 Å². The first kappa shape index (κ1) is 9.38. The predicted octanol–water partition coefficient (Wildman–Crippen LogP) is 3.69. The number of hydrogen-bond acceptors (Lipinski definition) is 0. The fourth-order valence-corrected chi connectivity index (χ4v) is 2.81. The summed E-state index contributed by atoms with van der Waals surface area (Å²) < 4.78 is 0. The lowest BCUT2D eigenvalue weighted by Gasteiger charge is -2.33. The molecule has 1 rings (SSSR count). The highest BCUT2D eigenvalue weighted by atomic mass is 35.5. The number of rotatable bonds is 1. The van der Waals surface area contributed by atoms with Crippen molar-refractivity contribution in [3.63, 3.8) is 0 Å². The lowest BCUT2D eigenvalue weighted by Crippen LogP contribution is -2.27. The Morgan fingerprint density at radius 2 is 1.91 bits per heavy atom. The highest BCUT2D eigenvalue weighted by Crippen LogP contribution is 2.36. The molecule has 3 atom stereocenters. The molecule has 11 heavy (non-hydrogen) atoms. The van der Waals surface area contributed by atoms with Crippen LogP contribution < -0.4 is 0 Å². The van der Waals surface area contributed by atoms with Gasteiger partial charge < -0.3 is 0 Å². The zero-order chi connectivity index (χ0) is 8.43. The normalized spacial score (nSPS) is 39.5. The highest BCUT2D eigenvalue weighted by molar-refractivity contribution is 6.20. The van der Waals surface area contributed by atoms with E-state index < -0.39 is 0 Å². The van der Waals surface area contributed by atoms with Crippen molar-refractivity contribution in [1.82, 2.24) is 0 Å². The Morgan fingerprint density at radius 1 is 1.27 bits per heavy atom. The maximum atomic E-state index is 6.27. The molecule has 0 unspecified atom stereocenters. The SMILES string of the molecule is CC(C)[C@H]1CC[C@@H](C)C[C@H]1Cl. The first-order chi connectivity index (χ1) is 5.11. The smallest absolute Gasteiger partial charge is 0.0369 e. The topological polar surface area (TPSA) is 0 Å². The molecule has 0 nitrogen and oxygen atoms in total. The molecule has 0 heterocycles. The van der Waals surface area contributed by atoms with Crippen LogP contribution in [0.2, 0.25) is 0 Å². The molecule has 0 aromatic heterocycles. The van der Waals surface area contributed by atoms with Crippen LogP contribution in [0.15, 0.2) is 0 Å². The molecule has 0 aliphatic heterocycles. The van der Waals surface area contributed by atoms with Gasteiger partial charge in [-0.15, -0.1) is 11.6 Å². The second kappa shape index (κ2) is 3.80. The van der Waals surface area contributed by atoms with E-state index in [1.54, 1.807) is 0 Å². The van der Waals surface area contributed by atoms with Crippen LogP contribution in [0.4, 0.5) is 0 Å². The summed E-state index contributed by atoms with van der Waals surface area (Å²) in [5.74, 6) is 2.39. The molecule has 66 valence electrons. The third-order valence-electron chi connectivity index (χ3n) is 2.94. The van der Waals surface area contributed by atoms with Crippen LogP contribution in [0.5, 0.6) is 0 Å². The standard InChI is InChI=1S/C10H19Cl/c1-7(2)9-5-4-8(3)6-10(9)11/h7-10H,4-6H2,1-3H3/t8-,9-,10-/m1/s1. The minimum absolute atomic E-state index is 0.443. The Hall–Kier alpha value is 0.290. The molecular weight excluding hydrogens is 156 g/mol. The zero-order valence-electron chi connectivity index (χ0n) is 7.81. The third kappa shape index (κ3) is 2.37. The van der Waals surface area contributed by atoms with E-state index >= 15 is 0 Å². The number of alkyl halides is 1. The number of halogens is 1. The van der Waals surface area contributed by atoms with Crippen molar-refractivity contribution in [2.24, 2.45) is 17.8 Å². The predicted molar refractivity (Wildman–Crippen MR) is 51.0 cm³/mol. The average Bonchev–Trinajstić information content (AvgIpc) is 1.85. The van der Waals surface area contributed by atoms with Gasteiger partial charge >= 0.3 is 0 Å². The summed E-state index contributed by atoms with van der Waals surface area (Å²) in [5.41, 5.74) is 0. The molecule has 0 bridgehead atoms. The van der Waals surface area contributed by atoms with Gasteiger partial charge in [0.25, 0.3) is 0 Å². The van der Waals surface area contributed by atoms with E-state index in [2.05, 4.69) is 20.8 Å². The molecule has 0 radical (unpaired) electrons. The maximum absolute atomic E-state index is 6.27. The second-order valence-electron chi connectivity index (χ2n) is 4.34. The molecule has 0 N–H and O–H groups in total. The second-order valence-corrected chi connectivity index (χ2v) is 4.90. The van der Waals surface area contributed by atoms with E-state index in [9.17, 15) is 0 Å².